The van der Waals surface area contributed by atoms with Gasteiger partial charge in [0.2, 0.25) is 0 Å². The summed E-state index contributed by atoms with van der Waals surface area (Å²) in [7, 11) is 0. The molecule has 2 N–H and O–H groups in total. The molecule has 3 heteroatoms. The molecule has 0 atom stereocenters. The molecule has 0 fully saturated rings. The molecular weight excluding hydrogens is 246 g/mol. The van der Waals surface area contributed by atoms with E-state index in [4.69, 9.17) is 0 Å². The van der Waals surface area contributed by atoms with Crippen molar-refractivity contribution in [1.82, 2.24) is 9.97 Å². The monoisotopic (exact) mass is 263 g/mol. The Labute approximate surface area is 118 Å². The van der Waals surface area contributed by atoms with Gasteiger partial charge in [-0.1, -0.05) is 18.2 Å². The predicted molar refractivity (Wildman–Crippen MR) is 83.2 cm³/mol. The van der Waals surface area contributed by atoms with Gasteiger partial charge < -0.3 is 10.3 Å². The lowest BCUT2D eigenvalue weighted by Crippen LogP contribution is -1.95. The largest absolute Gasteiger partial charge is 0.355 e. The fraction of sp³-hybridized carbons (Fsp3) is 0.118. The number of imidazole rings is 1. The summed E-state index contributed by atoms with van der Waals surface area (Å²) in [6, 6.07) is 14.7. The van der Waals surface area contributed by atoms with Crippen molar-refractivity contribution in [2.45, 2.75) is 13.8 Å². The summed E-state index contributed by atoms with van der Waals surface area (Å²) in [5.41, 5.74) is 5.67. The average Bonchev–Trinajstić information content (AvgIpc) is 2.93. The van der Waals surface area contributed by atoms with E-state index in [1.54, 1.807) is 6.20 Å². The molecule has 0 aliphatic carbocycles. The van der Waals surface area contributed by atoms with Crippen LogP contribution in [-0.4, -0.2) is 9.97 Å². The molecule has 0 aliphatic rings. The van der Waals surface area contributed by atoms with Crippen LogP contribution in [0, 0.1) is 13.8 Å². The first-order valence-electron chi connectivity index (χ1n) is 6.66. The summed E-state index contributed by atoms with van der Waals surface area (Å²) >= 11 is 0. The first-order chi connectivity index (χ1) is 9.72. The van der Waals surface area contributed by atoms with E-state index in [1.165, 1.54) is 11.1 Å². The van der Waals surface area contributed by atoms with Gasteiger partial charge in [-0.3, -0.25) is 0 Å². The Morgan fingerprint density at radius 2 is 1.85 bits per heavy atom. The number of benzene rings is 2. The zero-order valence-corrected chi connectivity index (χ0v) is 11.6. The lowest BCUT2D eigenvalue weighted by molar-refractivity contribution is 1.30. The van der Waals surface area contributed by atoms with Gasteiger partial charge in [-0.2, -0.15) is 0 Å². The third-order valence-corrected chi connectivity index (χ3v) is 3.23. The van der Waals surface area contributed by atoms with Crippen molar-refractivity contribution in [3.63, 3.8) is 0 Å². The van der Waals surface area contributed by atoms with Gasteiger partial charge in [0.15, 0.2) is 0 Å². The van der Waals surface area contributed by atoms with Crippen molar-refractivity contribution < 1.29 is 0 Å². The molecule has 3 rings (SSSR count). The van der Waals surface area contributed by atoms with Crippen molar-refractivity contribution in [3.05, 3.63) is 66.0 Å². The van der Waals surface area contributed by atoms with Crippen LogP contribution in [0.1, 0.15) is 11.1 Å². The molecule has 1 heterocycles. The second kappa shape index (κ2) is 5.21. The van der Waals surface area contributed by atoms with Crippen LogP contribution >= 0.6 is 0 Å². The zero-order valence-electron chi connectivity index (χ0n) is 11.6. The Kier molecular flexibility index (Phi) is 3.25. The van der Waals surface area contributed by atoms with E-state index >= 15 is 0 Å². The molecule has 0 spiro atoms. The van der Waals surface area contributed by atoms with E-state index in [0.717, 1.165) is 22.8 Å². The molecule has 2 aromatic carbocycles. The maximum atomic E-state index is 4.34. The normalized spacial score (nSPS) is 10.5. The lowest BCUT2D eigenvalue weighted by atomic mass is 10.1. The predicted octanol–water partition coefficient (Wildman–Crippen LogP) is 4.44. The van der Waals surface area contributed by atoms with Crippen LogP contribution in [0.4, 0.5) is 11.4 Å². The number of hydrogen-bond donors (Lipinski definition) is 2. The molecule has 20 heavy (non-hydrogen) atoms. The summed E-state index contributed by atoms with van der Waals surface area (Å²) in [4.78, 5) is 7.50. The van der Waals surface area contributed by atoms with Crippen LogP contribution in [0.15, 0.2) is 54.9 Å². The zero-order chi connectivity index (χ0) is 13.9. The van der Waals surface area contributed by atoms with E-state index < -0.39 is 0 Å². The van der Waals surface area contributed by atoms with Crippen LogP contribution in [0.5, 0.6) is 0 Å². The summed E-state index contributed by atoms with van der Waals surface area (Å²) in [6.45, 7) is 4.18. The topological polar surface area (TPSA) is 40.7 Å². The molecule has 100 valence electrons. The van der Waals surface area contributed by atoms with Gasteiger partial charge in [0.05, 0.1) is 0 Å². The molecule has 3 nitrogen and oxygen atoms in total. The SMILES string of the molecule is Cc1cccc(Nc2cc(C)ccc2-c2ncc[nH]2)c1. The molecule has 0 aliphatic heterocycles. The van der Waals surface area contributed by atoms with E-state index in [-0.39, 0.29) is 0 Å². The maximum absolute atomic E-state index is 4.34. The average molecular weight is 263 g/mol. The van der Waals surface area contributed by atoms with Crippen molar-refractivity contribution in [2.24, 2.45) is 0 Å². The van der Waals surface area contributed by atoms with Crippen LogP contribution in [-0.2, 0) is 0 Å². The highest BCUT2D eigenvalue weighted by atomic mass is 14.9. The first kappa shape index (κ1) is 12.5. The Morgan fingerprint density at radius 1 is 1.00 bits per heavy atom. The second-order valence-corrected chi connectivity index (χ2v) is 4.98. The maximum Gasteiger partial charge on any atom is 0.139 e. The number of aromatic nitrogens is 2. The van der Waals surface area contributed by atoms with Crippen LogP contribution < -0.4 is 5.32 Å². The summed E-state index contributed by atoms with van der Waals surface area (Å²) in [6.07, 6.45) is 3.61. The van der Waals surface area contributed by atoms with Crippen molar-refractivity contribution in [3.8, 4) is 11.4 Å². The minimum absolute atomic E-state index is 0.875. The smallest absolute Gasteiger partial charge is 0.139 e. The van der Waals surface area contributed by atoms with E-state index in [0.29, 0.717) is 0 Å². The molecular formula is C17H17N3. The number of anilines is 2. The lowest BCUT2D eigenvalue weighted by Gasteiger charge is -2.12. The van der Waals surface area contributed by atoms with Gasteiger partial charge in [-0.15, -0.1) is 0 Å². The van der Waals surface area contributed by atoms with Gasteiger partial charge in [-0.05, 0) is 49.2 Å². The van der Waals surface area contributed by atoms with E-state index in [2.05, 4.69) is 71.6 Å². The minimum atomic E-state index is 0.875. The number of rotatable bonds is 3. The highest BCUT2D eigenvalue weighted by molar-refractivity contribution is 5.78. The van der Waals surface area contributed by atoms with Gasteiger partial charge in [0.25, 0.3) is 0 Å². The number of aryl methyl sites for hydroxylation is 2. The van der Waals surface area contributed by atoms with Crippen LogP contribution in [0.2, 0.25) is 0 Å². The van der Waals surface area contributed by atoms with Gasteiger partial charge in [0.1, 0.15) is 5.82 Å². The van der Waals surface area contributed by atoms with Gasteiger partial charge in [-0.25, -0.2) is 4.98 Å². The molecule has 0 amide bonds. The standard InChI is InChI=1S/C17H17N3/c1-12-4-3-5-14(10-12)20-16-11-13(2)6-7-15(16)17-18-8-9-19-17/h3-11,20H,1-2H3,(H,18,19). The number of hydrogen-bond acceptors (Lipinski definition) is 2. The summed E-state index contributed by atoms with van der Waals surface area (Å²) < 4.78 is 0. The molecule has 0 saturated heterocycles. The molecule has 1 aromatic heterocycles. The van der Waals surface area contributed by atoms with Crippen molar-refractivity contribution in [2.75, 3.05) is 5.32 Å². The first-order valence-corrected chi connectivity index (χ1v) is 6.66. The van der Waals surface area contributed by atoms with E-state index in [9.17, 15) is 0 Å². The highest BCUT2D eigenvalue weighted by Crippen LogP contribution is 2.29. The van der Waals surface area contributed by atoms with E-state index in [1.807, 2.05) is 6.20 Å². The van der Waals surface area contributed by atoms with Crippen LogP contribution in [0.25, 0.3) is 11.4 Å². The molecule has 3 aromatic rings. The second-order valence-electron chi connectivity index (χ2n) is 4.98. The Morgan fingerprint density at radius 3 is 2.60 bits per heavy atom. The number of nitrogens with zero attached hydrogens (tertiary/aromatic N) is 1. The summed E-state index contributed by atoms with van der Waals surface area (Å²) in [5.74, 6) is 0.875. The fourth-order valence-corrected chi connectivity index (χ4v) is 2.26. The Bertz CT molecular complexity index is 715. The molecule has 0 radical (unpaired) electrons. The van der Waals surface area contributed by atoms with Crippen molar-refractivity contribution >= 4 is 11.4 Å². The Balaban J connectivity index is 2.02. The highest BCUT2D eigenvalue weighted by Gasteiger charge is 2.07. The molecule has 0 unspecified atom stereocenters. The third kappa shape index (κ3) is 2.57. The minimum Gasteiger partial charge on any atom is -0.355 e. The van der Waals surface area contributed by atoms with Gasteiger partial charge >= 0.3 is 0 Å². The number of H-pyrrole nitrogens is 1. The fourth-order valence-electron chi connectivity index (χ4n) is 2.26. The quantitative estimate of drug-likeness (QED) is 0.733. The molecule has 0 saturated carbocycles. The Hall–Kier alpha value is -2.55. The summed E-state index contributed by atoms with van der Waals surface area (Å²) in [5, 5.41) is 3.48. The molecule has 0 bridgehead atoms. The van der Waals surface area contributed by atoms with Crippen molar-refractivity contribution in [1.29, 1.82) is 0 Å². The number of aromatic amines is 1. The van der Waals surface area contributed by atoms with Crippen LogP contribution in [0.3, 0.4) is 0 Å². The number of nitrogens with one attached hydrogen (secondary N) is 2. The van der Waals surface area contributed by atoms with Gasteiger partial charge in [0, 0.05) is 29.3 Å². The third-order valence-electron chi connectivity index (χ3n) is 3.23.